The number of rotatable bonds is 4. The summed E-state index contributed by atoms with van der Waals surface area (Å²) in [6.45, 7) is 0. The Balaban J connectivity index is 1.72. The highest BCUT2D eigenvalue weighted by Gasteiger charge is 2.48. The van der Waals surface area contributed by atoms with E-state index in [1.165, 1.54) is 4.31 Å². The van der Waals surface area contributed by atoms with Gasteiger partial charge in [-0.3, -0.25) is 4.98 Å². The maximum Gasteiger partial charge on any atom is 0.281 e. The fourth-order valence-electron chi connectivity index (χ4n) is 3.35. The van der Waals surface area contributed by atoms with Gasteiger partial charge in [0.05, 0.1) is 0 Å². The molecule has 3 heterocycles. The van der Waals surface area contributed by atoms with E-state index in [1.54, 1.807) is 30.8 Å². The average molecular weight is 311 g/mol. The van der Waals surface area contributed by atoms with Crippen LogP contribution in [0, 0.1) is 0 Å². The summed E-state index contributed by atoms with van der Waals surface area (Å²) >= 11 is 0. The predicted octanol–water partition coefficient (Wildman–Crippen LogP) is 1.26. The Morgan fingerprint density at radius 1 is 1.19 bits per heavy atom. The summed E-state index contributed by atoms with van der Waals surface area (Å²) in [5, 5.41) is 0. The molecule has 2 unspecified atom stereocenters. The maximum absolute atomic E-state index is 12.4. The largest absolute Gasteiger partial charge is 0.490 e. The molecule has 0 radical (unpaired) electrons. The minimum atomic E-state index is -3.33. The Labute approximate surface area is 125 Å². The third-order valence-corrected chi connectivity index (χ3v) is 6.36. The molecule has 1 aromatic heterocycles. The molecule has 6 nitrogen and oxygen atoms in total. The van der Waals surface area contributed by atoms with Gasteiger partial charge in [0.25, 0.3) is 10.2 Å². The number of piperidine rings is 1. The number of fused-ring (bicyclic) bond motifs is 2. The lowest BCUT2D eigenvalue weighted by Crippen LogP contribution is -2.52. The molecule has 0 saturated carbocycles. The first-order valence-electron chi connectivity index (χ1n) is 7.26. The number of nitrogens with zero attached hydrogens (tertiary/aromatic N) is 3. The number of pyridine rings is 1. The van der Waals surface area contributed by atoms with E-state index in [2.05, 4.69) is 4.98 Å². The van der Waals surface area contributed by atoms with Gasteiger partial charge in [0.15, 0.2) is 0 Å². The summed E-state index contributed by atoms with van der Waals surface area (Å²) in [6, 6.07) is 3.79. The van der Waals surface area contributed by atoms with Crippen LogP contribution in [0.25, 0.3) is 0 Å². The van der Waals surface area contributed by atoms with Crippen LogP contribution >= 0.6 is 0 Å². The minimum absolute atomic E-state index is 0.0583. The number of aromatic nitrogens is 1. The van der Waals surface area contributed by atoms with Crippen LogP contribution < -0.4 is 4.74 Å². The van der Waals surface area contributed by atoms with E-state index in [9.17, 15) is 8.42 Å². The Bertz CT molecular complexity index is 577. The van der Waals surface area contributed by atoms with Gasteiger partial charge in [0.2, 0.25) is 0 Å². The third kappa shape index (κ3) is 2.77. The zero-order valence-corrected chi connectivity index (χ0v) is 13.2. The van der Waals surface area contributed by atoms with Crippen LogP contribution in [0.4, 0.5) is 0 Å². The summed E-state index contributed by atoms with van der Waals surface area (Å²) in [6.07, 6.45) is 6.85. The molecular formula is C14H21N3O3S. The molecule has 2 bridgehead atoms. The first-order chi connectivity index (χ1) is 9.98. The highest BCUT2D eigenvalue weighted by atomic mass is 32.2. The molecule has 7 heteroatoms. The first-order valence-corrected chi connectivity index (χ1v) is 8.66. The molecule has 2 saturated heterocycles. The summed E-state index contributed by atoms with van der Waals surface area (Å²) in [5.41, 5.74) is 0. The van der Waals surface area contributed by atoms with Crippen molar-refractivity contribution in [2.75, 3.05) is 14.1 Å². The molecule has 2 atom stereocenters. The van der Waals surface area contributed by atoms with Crippen LogP contribution in [0.1, 0.15) is 25.7 Å². The van der Waals surface area contributed by atoms with Gasteiger partial charge in [-0.2, -0.15) is 17.0 Å². The molecule has 2 aliphatic heterocycles. The van der Waals surface area contributed by atoms with E-state index < -0.39 is 10.2 Å². The van der Waals surface area contributed by atoms with Crippen molar-refractivity contribution >= 4 is 10.2 Å². The Hall–Kier alpha value is -1.18. The van der Waals surface area contributed by atoms with E-state index in [1.807, 2.05) is 12.1 Å². The quantitative estimate of drug-likeness (QED) is 0.840. The van der Waals surface area contributed by atoms with Crippen LogP contribution in [0.5, 0.6) is 5.75 Å². The standard InChI is InChI=1S/C14H21N3O3S/c1-16(2)21(18,19)17-11-3-4-12(17)10-14(9-11)20-13-5-7-15-8-6-13/h5-8,11-12,14H,3-4,9-10H2,1-2H3. The fourth-order valence-corrected chi connectivity index (χ4v) is 4.87. The SMILES string of the molecule is CN(C)S(=O)(=O)N1C2CCC1CC(Oc1ccncc1)C2. The summed E-state index contributed by atoms with van der Waals surface area (Å²) < 4.78 is 33.8. The van der Waals surface area contributed by atoms with E-state index >= 15 is 0 Å². The molecule has 2 aliphatic rings. The molecule has 2 fully saturated rings. The van der Waals surface area contributed by atoms with Crippen molar-refractivity contribution in [3.63, 3.8) is 0 Å². The molecule has 0 aromatic carbocycles. The summed E-state index contributed by atoms with van der Waals surface area (Å²) in [4.78, 5) is 3.97. The van der Waals surface area contributed by atoms with Gasteiger partial charge in [0.1, 0.15) is 11.9 Å². The van der Waals surface area contributed by atoms with Crippen molar-refractivity contribution in [2.24, 2.45) is 0 Å². The molecular weight excluding hydrogens is 290 g/mol. The van der Waals surface area contributed by atoms with Gasteiger partial charge >= 0.3 is 0 Å². The van der Waals surface area contributed by atoms with Crippen molar-refractivity contribution in [3.05, 3.63) is 24.5 Å². The normalized spacial score (nSPS) is 29.8. The topological polar surface area (TPSA) is 62.7 Å². The second-order valence-corrected chi connectivity index (χ2v) is 7.95. The highest BCUT2D eigenvalue weighted by Crippen LogP contribution is 2.39. The molecule has 0 N–H and O–H groups in total. The molecule has 0 spiro atoms. The van der Waals surface area contributed by atoms with Gasteiger partial charge in [-0.25, -0.2) is 0 Å². The monoisotopic (exact) mass is 311 g/mol. The van der Waals surface area contributed by atoms with Crippen LogP contribution in [-0.2, 0) is 10.2 Å². The van der Waals surface area contributed by atoms with Crippen molar-refractivity contribution in [2.45, 2.75) is 43.9 Å². The number of ether oxygens (including phenoxy) is 1. The van der Waals surface area contributed by atoms with Gasteiger partial charge < -0.3 is 4.74 Å². The van der Waals surface area contributed by atoms with Crippen LogP contribution in [0.2, 0.25) is 0 Å². The lowest BCUT2D eigenvalue weighted by Gasteiger charge is -2.38. The van der Waals surface area contributed by atoms with Gasteiger partial charge in [-0.05, 0) is 25.0 Å². The Morgan fingerprint density at radius 2 is 1.76 bits per heavy atom. The summed E-state index contributed by atoms with van der Waals surface area (Å²) in [5.74, 6) is 0.804. The first kappa shape index (κ1) is 14.7. The molecule has 3 rings (SSSR count). The number of hydrogen-bond donors (Lipinski definition) is 0. The third-order valence-electron chi connectivity index (χ3n) is 4.30. The van der Waals surface area contributed by atoms with Crippen molar-refractivity contribution in [3.8, 4) is 5.75 Å². The lowest BCUT2D eigenvalue weighted by atomic mass is 10.0. The molecule has 1 aromatic rings. The lowest BCUT2D eigenvalue weighted by molar-refractivity contribution is 0.0929. The average Bonchev–Trinajstić information content (AvgIpc) is 2.73. The van der Waals surface area contributed by atoms with E-state index in [0.29, 0.717) is 0 Å². The van der Waals surface area contributed by atoms with Crippen LogP contribution in [0.3, 0.4) is 0 Å². The second-order valence-electron chi connectivity index (χ2n) is 5.90. The Morgan fingerprint density at radius 3 is 2.29 bits per heavy atom. The van der Waals surface area contributed by atoms with Gasteiger partial charge in [0, 0.05) is 51.4 Å². The smallest absolute Gasteiger partial charge is 0.281 e. The summed E-state index contributed by atoms with van der Waals surface area (Å²) in [7, 11) is -0.148. The van der Waals surface area contributed by atoms with E-state index in [-0.39, 0.29) is 18.2 Å². The van der Waals surface area contributed by atoms with Crippen LogP contribution in [-0.4, -0.2) is 54.3 Å². The number of hydrogen-bond acceptors (Lipinski definition) is 4. The molecule has 0 amide bonds. The molecule has 21 heavy (non-hydrogen) atoms. The fraction of sp³-hybridized carbons (Fsp3) is 0.643. The van der Waals surface area contributed by atoms with Crippen molar-refractivity contribution in [1.82, 2.24) is 13.6 Å². The molecule has 116 valence electrons. The van der Waals surface area contributed by atoms with E-state index in [0.717, 1.165) is 31.4 Å². The zero-order chi connectivity index (χ0) is 15.0. The maximum atomic E-state index is 12.4. The van der Waals surface area contributed by atoms with Gasteiger partial charge in [-0.1, -0.05) is 0 Å². The predicted molar refractivity (Wildman–Crippen MR) is 79.1 cm³/mol. The van der Waals surface area contributed by atoms with Crippen molar-refractivity contribution in [1.29, 1.82) is 0 Å². The van der Waals surface area contributed by atoms with Crippen molar-refractivity contribution < 1.29 is 13.2 Å². The highest BCUT2D eigenvalue weighted by molar-refractivity contribution is 7.86. The Kier molecular flexibility index (Phi) is 3.90. The van der Waals surface area contributed by atoms with Gasteiger partial charge in [-0.15, -0.1) is 0 Å². The molecule has 0 aliphatic carbocycles. The zero-order valence-electron chi connectivity index (χ0n) is 12.3. The second kappa shape index (κ2) is 5.55. The van der Waals surface area contributed by atoms with E-state index in [4.69, 9.17) is 4.74 Å². The van der Waals surface area contributed by atoms with Crippen LogP contribution in [0.15, 0.2) is 24.5 Å². The minimum Gasteiger partial charge on any atom is -0.490 e.